The molecule has 0 radical (unpaired) electrons. The first-order chi connectivity index (χ1) is 8.70. The number of Topliss-reactive ketones (excluding diaryl/α,β-unsaturated/α-hetero) is 1. The third-order valence-corrected chi connectivity index (χ3v) is 2.82. The van der Waals surface area contributed by atoms with Gasteiger partial charge in [0.1, 0.15) is 0 Å². The maximum absolute atomic E-state index is 11.9. The number of hydrogen-bond donors (Lipinski definition) is 1. The van der Waals surface area contributed by atoms with E-state index in [4.69, 9.17) is 16.3 Å². The number of halogens is 1. The van der Waals surface area contributed by atoms with Crippen molar-refractivity contribution in [2.24, 2.45) is 11.0 Å². The summed E-state index contributed by atoms with van der Waals surface area (Å²) >= 11 is 5.78. The SMILES string of the molecule is CCO/C(=N/Nc1ccc(Cl)cc1)C(=O)C1CC1. The Kier molecular flexibility index (Phi) is 4.20. The molecule has 0 amide bonds. The van der Waals surface area contributed by atoms with Gasteiger partial charge in [0.2, 0.25) is 5.78 Å². The van der Waals surface area contributed by atoms with E-state index in [1.807, 2.05) is 6.92 Å². The largest absolute Gasteiger partial charge is 0.474 e. The predicted octanol–water partition coefficient (Wildman–Crippen LogP) is 3.08. The van der Waals surface area contributed by atoms with Crippen LogP contribution in [0.1, 0.15) is 19.8 Å². The molecule has 1 aliphatic rings. The second kappa shape index (κ2) is 5.87. The molecule has 1 aromatic carbocycles. The average molecular weight is 267 g/mol. The lowest BCUT2D eigenvalue weighted by Gasteiger charge is -2.06. The number of carbonyl (C=O) groups excluding carboxylic acids is 1. The van der Waals surface area contributed by atoms with Crippen LogP contribution in [-0.4, -0.2) is 18.3 Å². The van der Waals surface area contributed by atoms with E-state index >= 15 is 0 Å². The summed E-state index contributed by atoms with van der Waals surface area (Å²) in [6.07, 6.45) is 1.87. The van der Waals surface area contributed by atoms with Gasteiger partial charge in [-0.15, -0.1) is 5.10 Å². The molecular formula is C13H15ClN2O2. The summed E-state index contributed by atoms with van der Waals surface area (Å²) in [5.74, 6) is 0.246. The molecule has 1 aliphatic carbocycles. The number of carbonyl (C=O) groups is 1. The van der Waals surface area contributed by atoms with Crippen LogP contribution in [-0.2, 0) is 9.53 Å². The number of nitrogens with zero attached hydrogens (tertiary/aromatic N) is 1. The highest BCUT2D eigenvalue weighted by atomic mass is 35.5. The van der Waals surface area contributed by atoms with E-state index in [0.29, 0.717) is 11.6 Å². The molecule has 0 bridgehead atoms. The van der Waals surface area contributed by atoms with Crippen LogP contribution < -0.4 is 5.43 Å². The van der Waals surface area contributed by atoms with E-state index in [9.17, 15) is 4.79 Å². The van der Waals surface area contributed by atoms with E-state index in [-0.39, 0.29) is 17.6 Å². The van der Waals surface area contributed by atoms with Gasteiger partial charge in [-0.25, -0.2) is 0 Å². The first-order valence-corrected chi connectivity index (χ1v) is 6.34. The van der Waals surface area contributed by atoms with E-state index in [0.717, 1.165) is 18.5 Å². The molecule has 0 heterocycles. The van der Waals surface area contributed by atoms with Gasteiger partial charge in [0, 0.05) is 10.9 Å². The van der Waals surface area contributed by atoms with Crippen LogP contribution >= 0.6 is 11.6 Å². The third-order valence-electron chi connectivity index (χ3n) is 2.57. The zero-order chi connectivity index (χ0) is 13.0. The van der Waals surface area contributed by atoms with E-state index in [1.165, 1.54) is 0 Å². The molecular weight excluding hydrogens is 252 g/mol. The smallest absolute Gasteiger partial charge is 0.275 e. The summed E-state index contributed by atoms with van der Waals surface area (Å²) in [6, 6.07) is 7.08. The highest BCUT2D eigenvalue weighted by Gasteiger charge is 2.34. The van der Waals surface area contributed by atoms with Crippen molar-refractivity contribution in [1.82, 2.24) is 0 Å². The molecule has 96 valence electrons. The Hall–Kier alpha value is -1.55. The molecule has 1 N–H and O–H groups in total. The second-order valence-corrected chi connectivity index (χ2v) is 4.54. The molecule has 0 unspecified atom stereocenters. The molecule has 4 nitrogen and oxygen atoms in total. The first-order valence-electron chi connectivity index (χ1n) is 5.97. The number of ketones is 1. The minimum absolute atomic E-state index is 0.0155. The normalized spacial score (nSPS) is 15.3. The van der Waals surface area contributed by atoms with Crippen molar-refractivity contribution in [3.05, 3.63) is 29.3 Å². The van der Waals surface area contributed by atoms with Crippen molar-refractivity contribution in [3.63, 3.8) is 0 Å². The molecule has 0 spiro atoms. The van der Waals surface area contributed by atoms with Gasteiger partial charge in [0.05, 0.1) is 12.3 Å². The number of benzene rings is 1. The molecule has 1 saturated carbocycles. The lowest BCUT2D eigenvalue weighted by molar-refractivity contribution is -0.115. The van der Waals surface area contributed by atoms with Crippen LogP contribution in [0.5, 0.6) is 0 Å². The second-order valence-electron chi connectivity index (χ2n) is 4.11. The molecule has 1 fully saturated rings. The van der Waals surface area contributed by atoms with Gasteiger partial charge in [-0.05, 0) is 44.0 Å². The van der Waals surface area contributed by atoms with Gasteiger partial charge < -0.3 is 4.74 Å². The Morgan fingerprint density at radius 3 is 2.67 bits per heavy atom. The number of rotatable bonds is 5. The van der Waals surface area contributed by atoms with Crippen molar-refractivity contribution >= 4 is 29.0 Å². The Balaban J connectivity index is 2.03. The van der Waals surface area contributed by atoms with Crippen molar-refractivity contribution < 1.29 is 9.53 Å². The molecule has 5 heteroatoms. The Morgan fingerprint density at radius 2 is 2.11 bits per heavy atom. The quantitative estimate of drug-likeness (QED) is 0.506. The number of ether oxygens (including phenoxy) is 1. The Labute approximate surface area is 111 Å². The zero-order valence-corrected chi connectivity index (χ0v) is 10.9. The van der Waals surface area contributed by atoms with Gasteiger partial charge in [-0.1, -0.05) is 11.6 Å². The first kappa shape index (κ1) is 12.9. The van der Waals surface area contributed by atoms with Crippen LogP contribution in [0.4, 0.5) is 5.69 Å². The highest BCUT2D eigenvalue weighted by Crippen LogP contribution is 2.30. The molecule has 1 aromatic rings. The summed E-state index contributed by atoms with van der Waals surface area (Å²) in [5.41, 5.74) is 3.57. The fraction of sp³-hybridized carbons (Fsp3) is 0.385. The van der Waals surface area contributed by atoms with Gasteiger partial charge in [-0.2, -0.15) is 0 Å². The van der Waals surface area contributed by atoms with Gasteiger partial charge in [-0.3, -0.25) is 10.2 Å². The van der Waals surface area contributed by atoms with E-state index in [1.54, 1.807) is 24.3 Å². The lowest BCUT2D eigenvalue weighted by atomic mass is 10.2. The topological polar surface area (TPSA) is 50.7 Å². The summed E-state index contributed by atoms with van der Waals surface area (Å²) in [7, 11) is 0. The van der Waals surface area contributed by atoms with Gasteiger partial charge in [0.15, 0.2) is 0 Å². The standard InChI is InChI=1S/C13H15ClN2O2/c1-2-18-13(12(17)9-3-4-9)16-15-11-7-5-10(14)6-8-11/h5-9,15H,2-4H2,1H3/b16-13+. The fourth-order valence-corrected chi connectivity index (χ4v) is 1.58. The summed E-state index contributed by atoms with van der Waals surface area (Å²) in [6.45, 7) is 2.26. The van der Waals surface area contributed by atoms with Crippen molar-refractivity contribution in [3.8, 4) is 0 Å². The molecule has 18 heavy (non-hydrogen) atoms. The van der Waals surface area contributed by atoms with Crippen LogP contribution in [0.2, 0.25) is 5.02 Å². The van der Waals surface area contributed by atoms with E-state index in [2.05, 4.69) is 10.5 Å². The van der Waals surface area contributed by atoms with Gasteiger partial charge in [0.25, 0.3) is 5.90 Å². The van der Waals surface area contributed by atoms with Crippen LogP contribution in [0.25, 0.3) is 0 Å². The fourth-order valence-electron chi connectivity index (χ4n) is 1.46. The summed E-state index contributed by atoms with van der Waals surface area (Å²) in [5, 5.41) is 4.68. The lowest BCUT2D eigenvalue weighted by Crippen LogP contribution is -2.21. The average Bonchev–Trinajstić information content (AvgIpc) is 3.20. The number of anilines is 1. The van der Waals surface area contributed by atoms with Crippen LogP contribution in [0, 0.1) is 5.92 Å². The third kappa shape index (κ3) is 3.47. The zero-order valence-electron chi connectivity index (χ0n) is 10.1. The summed E-state index contributed by atoms with van der Waals surface area (Å²) < 4.78 is 5.26. The predicted molar refractivity (Wildman–Crippen MR) is 71.9 cm³/mol. The number of nitrogens with one attached hydrogen (secondary N) is 1. The molecule has 2 rings (SSSR count). The summed E-state index contributed by atoms with van der Waals surface area (Å²) in [4.78, 5) is 11.9. The van der Waals surface area contributed by atoms with Crippen LogP contribution in [0.15, 0.2) is 29.4 Å². The van der Waals surface area contributed by atoms with Crippen molar-refractivity contribution in [2.45, 2.75) is 19.8 Å². The maximum atomic E-state index is 11.9. The molecule has 0 saturated heterocycles. The molecule has 0 atom stereocenters. The molecule has 0 aromatic heterocycles. The van der Waals surface area contributed by atoms with Crippen LogP contribution in [0.3, 0.4) is 0 Å². The monoisotopic (exact) mass is 266 g/mol. The van der Waals surface area contributed by atoms with E-state index < -0.39 is 0 Å². The molecule has 0 aliphatic heterocycles. The Bertz CT molecular complexity index is 453. The van der Waals surface area contributed by atoms with Crippen molar-refractivity contribution in [1.29, 1.82) is 0 Å². The van der Waals surface area contributed by atoms with Gasteiger partial charge >= 0.3 is 0 Å². The minimum Gasteiger partial charge on any atom is -0.474 e. The highest BCUT2D eigenvalue weighted by molar-refractivity contribution is 6.37. The number of hydrogen-bond acceptors (Lipinski definition) is 4. The maximum Gasteiger partial charge on any atom is 0.275 e. The number of hydrazone groups is 1. The minimum atomic E-state index is -0.0155. The Morgan fingerprint density at radius 1 is 1.44 bits per heavy atom. The van der Waals surface area contributed by atoms with Crippen molar-refractivity contribution in [2.75, 3.05) is 12.0 Å².